The van der Waals surface area contributed by atoms with E-state index in [0.717, 1.165) is 18.2 Å². The molecule has 0 aliphatic rings. The van der Waals surface area contributed by atoms with E-state index in [0.29, 0.717) is 37.7 Å². The number of fused-ring (bicyclic) bond motifs is 1. The molecule has 0 bridgehead atoms. The van der Waals surface area contributed by atoms with Gasteiger partial charge in [-0.25, -0.2) is 14.6 Å². The molecule has 2 N–H and O–H groups in total. The highest BCUT2D eigenvalue weighted by atomic mass is 35.5. The SMILES string of the molecule is COC(=O)c1cc(OCC(=O)O)c(C(=O)Nc2ccc(Cl)cc2)cc1CC(=O)c1ccc(-c2nc3cc(Cl)c(Cl)cc3n2C)cc1. The van der Waals surface area contributed by atoms with Crippen molar-refractivity contribution in [2.24, 2.45) is 7.05 Å². The number of nitrogens with one attached hydrogen (secondary N) is 1. The lowest BCUT2D eigenvalue weighted by Gasteiger charge is -2.16. The number of benzene rings is 4. The van der Waals surface area contributed by atoms with Gasteiger partial charge in [0.05, 0.1) is 39.3 Å². The Labute approximate surface area is 277 Å². The molecule has 13 heteroatoms. The van der Waals surface area contributed by atoms with Gasteiger partial charge in [0.1, 0.15) is 11.6 Å². The summed E-state index contributed by atoms with van der Waals surface area (Å²) in [5.41, 5.74) is 2.94. The number of carbonyl (C=O) groups excluding carboxylic acids is 3. The quantitative estimate of drug-likeness (QED) is 0.117. The van der Waals surface area contributed by atoms with Crippen LogP contribution in [0, 0.1) is 0 Å². The van der Waals surface area contributed by atoms with Crippen LogP contribution in [0.4, 0.5) is 5.69 Å². The fourth-order valence-electron chi connectivity index (χ4n) is 4.76. The van der Waals surface area contributed by atoms with Crippen LogP contribution >= 0.6 is 34.8 Å². The molecule has 1 heterocycles. The van der Waals surface area contributed by atoms with E-state index < -0.39 is 24.5 Å². The van der Waals surface area contributed by atoms with Crippen molar-refractivity contribution in [2.45, 2.75) is 6.42 Å². The van der Waals surface area contributed by atoms with Crippen LogP contribution in [0.15, 0.2) is 72.8 Å². The number of imidazole rings is 1. The van der Waals surface area contributed by atoms with Crippen molar-refractivity contribution in [1.82, 2.24) is 9.55 Å². The highest BCUT2D eigenvalue weighted by Crippen LogP contribution is 2.31. The van der Waals surface area contributed by atoms with Gasteiger partial charge in [-0.15, -0.1) is 0 Å². The average Bonchev–Trinajstić information content (AvgIpc) is 3.35. The molecule has 5 aromatic rings. The molecular weight excluding hydrogens is 657 g/mol. The molecule has 0 aliphatic heterocycles. The maximum Gasteiger partial charge on any atom is 0.341 e. The number of aromatic nitrogens is 2. The van der Waals surface area contributed by atoms with Crippen LogP contribution in [-0.2, 0) is 23.0 Å². The number of carboxylic acid groups (broad SMARTS) is 1. The number of esters is 1. The topological polar surface area (TPSA) is 137 Å². The zero-order chi connectivity index (χ0) is 33.1. The lowest BCUT2D eigenvalue weighted by Crippen LogP contribution is -2.19. The van der Waals surface area contributed by atoms with E-state index in [1.165, 1.54) is 12.1 Å². The number of hydrogen-bond acceptors (Lipinski definition) is 7. The molecule has 0 aliphatic carbocycles. The number of carboxylic acids is 1. The molecule has 0 radical (unpaired) electrons. The lowest BCUT2D eigenvalue weighted by molar-refractivity contribution is -0.139. The van der Waals surface area contributed by atoms with E-state index in [1.807, 2.05) is 11.6 Å². The van der Waals surface area contributed by atoms with Gasteiger partial charge in [0.15, 0.2) is 12.4 Å². The number of anilines is 1. The van der Waals surface area contributed by atoms with Crippen LogP contribution in [0.2, 0.25) is 15.1 Å². The number of hydrogen-bond donors (Lipinski definition) is 2. The van der Waals surface area contributed by atoms with Crippen molar-refractivity contribution in [3.8, 4) is 17.1 Å². The Kier molecular flexibility index (Phi) is 9.62. The molecule has 0 unspecified atom stereocenters. The molecule has 0 saturated carbocycles. The van der Waals surface area contributed by atoms with Crippen LogP contribution in [0.1, 0.15) is 36.6 Å². The third-order valence-corrected chi connectivity index (χ3v) is 8.02. The van der Waals surface area contributed by atoms with Crippen molar-refractivity contribution >= 4 is 75.2 Å². The van der Waals surface area contributed by atoms with Gasteiger partial charge in [0.2, 0.25) is 0 Å². The number of amides is 1. The van der Waals surface area contributed by atoms with Gasteiger partial charge in [-0.1, -0.05) is 59.1 Å². The van der Waals surface area contributed by atoms with E-state index in [1.54, 1.807) is 60.7 Å². The van der Waals surface area contributed by atoms with Gasteiger partial charge in [0.25, 0.3) is 5.91 Å². The van der Waals surface area contributed by atoms with Crippen molar-refractivity contribution < 1.29 is 33.8 Å². The smallest absolute Gasteiger partial charge is 0.341 e. The standard InChI is InChI=1S/C33H24Cl3N3O7/c1-39-27-15-25(36)24(35)14-26(27)38-31(39)18-5-3-17(4-6-18)28(40)12-19-11-23(32(43)37-21-9-7-20(34)8-10-21)29(46-16-30(41)42)13-22(19)33(44)45-2/h3-11,13-15H,12,16H2,1-2H3,(H,37,43)(H,41,42). The Bertz CT molecular complexity index is 2010. The Hall–Kier alpha value is -4.90. The van der Waals surface area contributed by atoms with E-state index in [9.17, 15) is 19.2 Å². The summed E-state index contributed by atoms with van der Waals surface area (Å²) in [6.45, 7) is -0.780. The fourth-order valence-corrected chi connectivity index (χ4v) is 5.21. The molecule has 0 saturated heterocycles. The number of methoxy groups -OCH3 is 1. The summed E-state index contributed by atoms with van der Waals surface area (Å²) >= 11 is 18.3. The summed E-state index contributed by atoms with van der Waals surface area (Å²) in [6.07, 6.45) is -0.284. The first-order chi connectivity index (χ1) is 21.9. The maximum atomic E-state index is 13.5. The largest absolute Gasteiger partial charge is 0.481 e. The van der Waals surface area contributed by atoms with Crippen molar-refractivity contribution in [1.29, 1.82) is 0 Å². The highest BCUT2D eigenvalue weighted by Gasteiger charge is 2.24. The van der Waals surface area contributed by atoms with Gasteiger partial charge < -0.3 is 24.5 Å². The van der Waals surface area contributed by atoms with Crippen LogP contribution in [0.5, 0.6) is 5.75 Å². The molecule has 234 valence electrons. The Morgan fingerprint density at radius 3 is 2.22 bits per heavy atom. The first kappa shape index (κ1) is 32.5. The van der Waals surface area contributed by atoms with E-state index in [-0.39, 0.29) is 34.6 Å². The second-order valence-electron chi connectivity index (χ2n) is 10.1. The summed E-state index contributed by atoms with van der Waals surface area (Å²) in [7, 11) is 3.00. The minimum Gasteiger partial charge on any atom is -0.481 e. The molecule has 4 aromatic carbocycles. The van der Waals surface area contributed by atoms with Gasteiger partial charge in [0, 0.05) is 35.3 Å². The molecule has 46 heavy (non-hydrogen) atoms. The van der Waals surface area contributed by atoms with Gasteiger partial charge in [-0.05, 0) is 54.1 Å². The molecular formula is C33H24Cl3N3O7. The van der Waals surface area contributed by atoms with Crippen molar-refractivity contribution in [3.05, 3.63) is 110 Å². The number of aryl methyl sites for hydroxylation is 1. The number of aliphatic carboxylic acids is 1. The zero-order valence-corrected chi connectivity index (χ0v) is 26.5. The zero-order valence-electron chi connectivity index (χ0n) is 24.3. The molecule has 10 nitrogen and oxygen atoms in total. The molecule has 1 aromatic heterocycles. The van der Waals surface area contributed by atoms with E-state index in [4.69, 9.17) is 49.4 Å². The lowest BCUT2D eigenvalue weighted by atomic mass is 9.95. The average molecular weight is 681 g/mol. The number of nitrogens with zero attached hydrogens (tertiary/aromatic N) is 2. The molecule has 0 spiro atoms. The minimum atomic E-state index is -1.29. The normalized spacial score (nSPS) is 10.9. The molecule has 5 rings (SSSR count). The Morgan fingerprint density at radius 2 is 1.57 bits per heavy atom. The summed E-state index contributed by atoms with van der Waals surface area (Å²) in [5.74, 6) is -2.66. The molecule has 0 fully saturated rings. The predicted molar refractivity (Wildman–Crippen MR) is 175 cm³/mol. The Morgan fingerprint density at radius 1 is 0.891 bits per heavy atom. The number of rotatable bonds is 10. The molecule has 0 atom stereocenters. The number of ketones is 1. The first-order valence-corrected chi connectivity index (χ1v) is 14.7. The highest BCUT2D eigenvalue weighted by molar-refractivity contribution is 6.42. The molecule has 1 amide bonds. The summed E-state index contributed by atoms with van der Waals surface area (Å²) in [4.78, 5) is 55.5. The second kappa shape index (κ2) is 13.6. The Balaban J connectivity index is 1.47. The van der Waals surface area contributed by atoms with Crippen LogP contribution in [0.3, 0.4) is 0 Å². The number of ether oxygens (including phenoxy) is 2. The van der Waals surface area contributed by atoms with E-state index >= 15 is 0 Å². The monoisotopic (exact) mass is 679 g/mol. The minimum absolute atomic E-state index is 0.0621. The van der Waals surface area contributed by atoms with Gasteiger partial charge >= 0.3 is 11.9 Å². The maximum absolute atomic E-state index is 13.5. The first-order valence-electron chi connectivity index (χ1n) is 13.6. The van der Waals surface area contributed by atoms with Crippen LogP contribution < -0.4 is 10.1 Å². The van der Waals surface area contributed by atoms with Crippen LogP contribution in [0.25, 0.3) is 22.4 Å². The van der Waals surface area contributed by atoms with Crippen molar-refractivity contribution in [3.63, 3.8) is 0 Å². The van der Waals surface area contributed by atoms with Gasteiger partial charge in [-0.2, -0.15) is 0 Å². The third kappa shape index (κ3) is 6.99. The number of halogens is 3. The van der Waals surface area contributed by atoms with Crippen LogP contribution in [-0.4, -0.2) is 52.0 Å². The second-order valence-corrected chi connectivity index (χ2v) is 11.3. The summed E-state index contributed by atoms with van der Waals surface area (Å²) < 4.78 is 12.1. The third-order valence-electron chi connectivity index (χ3n) is 7.05. The van der Waals surface area contributed by atoms with E-state index in [2.05, 4.69) is 10.3 Å². The fraction of sp³-hybridized carbons (Fsp3) is 0.121. The van der Waals surface area contributed by atoms with Gasteiger partial charge in [-0.3, -0.25) is 9.59 Å². The summed E-state index contributed by atoms with van der Waals surface area (Å²) in [6, 6.07) is 19.0. The number of carbonyl (C=O) groups is 4. The van der Waals surface area contributed by atoms with Crippen molar-refractivity contribution in [2.75, 3.05) is 19.0 Å². The predicted octanol–water partition coefficient (Wildman–Crippen LogP) is 7.13. The number of Topliss-reactive ketones (excluding diaryl/α,β-unsaturated/α-hetero) is 1. The summed E-state index contributed by atoms with van der Waals surface area (Å²) in [5, 5.41) is 13.1.